The summed E-state index contributed by atoms with van der Waals surface area (Å²) in [5.74, 6) is 0.125. The average molecular weight is 293 g/mol. The van der Waals surface area contributed by atoms with E-state index in [-0.39, 0.29) is 5.75 Å². The highest BCUT2D eigenvalue weighted by Crippen LogP contribution is 2.21. The molecule has 1 heterocycles. The third-order valence-electron chi connectivity index (χ3n) is 3.66. The Morgan fingerprint density at radius 3 is 2.26 bits per heavy atom. The van der Waals surface area contributed by atoms with Crippen molar-refractivity contribution >= 4 is 9.84 Å². The summed E-state index contributed by atoms with van der Waals surface area (Å²) in [7, 11) is -1.25. The van der Waals surface area contributed by atoms with Crippen LogP contribution < -0.4 is 0 Å². The molecule has 1 aliphatic rings. The zero-order valence-corrected chi connectivity index (χ0v) is 13.3. The predicted molar refractivity (Wildman–Crippen MR) is 76.0 cm³/mol. The van der Waals surface area contributed by atoms with E-state index in [1.54, 1.807) is 20.8 Å². The molecule has 1 rings (SSSR count). The monoisotopic (exact) mass is 293 g/mol. The van der Waals surface area contributed by atoms with Crippen LogP contribution in [0.15, 0.2) is 0 Å². The number of hydrogen-bond donors (Lipinski definition) is 1. The molecule has 114 valence electrons. The van der Waals surface area contributed by atoms with Crippen molar-refractivity contribution in [3.63, 3.8) is 0 Å². The summed E-state index contributed by atoms with van der Waals surface area (Å²) >= 11 is 0. The van der Waals surface area contributed by atoms with Crippen LogP contribution >= 0.6 is 0 Å². The van der Waals surface area contributed by atoms with Gasteiger partial charge in [-0.1, -0.05) is 0 Å². The number of nitrogens with zero attached hydrogens (tertiary/aromatic N) is 1. The molecule has 19 heavy (non-hydrogen) atoms. The quantitative estimate of drug-likeness (QED) is 0.807. The minimum absolute atomic E-state index is 0.125. The molecule has 1 N–H and O–H groups in total. The molecule has 0 bridgehead atoms. The Labute approximate surface area is 116 Å². The molecular formula is C13H27NO4S. The molecule has 5 nitrogen and oxygen atoms in total. The second-order valence-corrected chi connectivity index (χ2v) is 9.37. The van der Waals surface area contributed by atoms with Crippen LogP contribution in [0.2, 0.25) is 0 Å². The fraction of sp³-hybridized carbons (Fsp3) is 1.00. The number of hydrogen-bond acceptors (Lipinski definition) is 5. The molecule has 0 spiro atoms. The number of likely N-dealkylation sites (N-methyl/N-ethyl adjacent to an activating group) is 1. The van der Waals surface area contributed by atoms with Crippen molar-refractivity contribution < 1.29 is 18.3 Å². The first-order valence-corrected chi connectivity index (χ1v) is 8.42. The number of sulfone groups is 1. The van der Waals surface area contributed by atoms with E-state index in [0.29, 0.717) is 39.1 Å². The minimum Gasteiger partial charge on any atom is -0.388 e. The highest BCUT2D eigenvalue weighted by Gasteiger charge is 2.32. The molecule has 0 amide bonds. The van der Waals surface area contributed by atoms with Gasteiger partial charge in [0.05, 0.1) is 16.1 Å². The zero-order chi connectivity index (χ0) is 14.7. The molecule has 0 aromatic carbocycles. The summed E-state index contributed by atoms with van der Waals surface area (Å²) in [5, 5.41) is 10.4. The Morgan fingerprint density at radius 1 is 1.26 bits per heavy atom. The van der Waals surface area contributed by atoms with Gasteiger partial charge in [-0.15, -0.1) is 0 Å². The maximum absolute atomic E-state index is 12.0. The van der Waals surface area contributed by atoms with Crippen LogP contribution in [0.4, 0.5) is 0 Å². The predicted octanol–water partition coefficient (Wildman–Crippen LogP) is 0.673. The summed E-state index contributed by atoms with van der Waals surface area (Å²) < 4.78 is 28.6. The third-order valence-corrected chi connectivity index (χ3v) is 6.25. The summed E-state index contributed by atoms with van der Waals surface area (Å²) in [6, 6.07) is 0. The fourth-order valence-electron chi connectivity index (χ4n) is 2.07. The van der Waals surface area contributed by atoms with Gasteiger partial charge in [0.2, 0.25) is 0 Å². The van der Waals surface area contributed by atoms with Gasteiger partial charge in [0.25, 0.3) is 0 Å². The first-order valence-electron chi connectivity index (χ1n) is 6.77. The topological polar surface area (TPSA) is 66.8 Å². The highest BCUT2D eigenvalue weighted by molar-refractivity contribution is 7.92. The summed E-state index contributed by atoms with van der Waals surface area (Å²) in [6.45, 7) is 7.24. The average Bonchev–Trinajstić information content (AvgIpc) is 2.25. The molecule has 1 aliphatic heterocycles. The van der Waals surface area contributed by atoms with Crippen molar-refractivity contribution in [3.8, 4) is 0 Å². The van der Waals surface area contributed by atoms with E-state index in [0.717, 1.165) is 0 Å². The number of rotatable bonds is 5. The molecule has 6 heteroatoms. The molecule has 0 aromatic heterocycles. The minimum atomic E-state index is -3.10. The van der Waals surface area contributed by atoms with Gasteiger partial charge in [-0.05, 0) is 27.8 Å². The molecular weight excluding hydrogens is 266 g/mol. The maximum Gasteiger partial charge on any atom is 0.156 e. The Balaban J connectivity index is 2.46. The van der Waals surface area contributed by atoms with Gasteiger partial charge in [-0.25, -0.2) is 8.42 Å². The lowest BCUT2D eigenvalue weighted by Crippen LogP contribution is -2.47. The molecule has 0 saturated carbocycles. The van der Waals surface area contributed by atoms with Crippen molar-refractivity contribution in [2.45, 2.75) is 44.0 Å². The second-order valence-electron chi connectivity index (χ2n) is 6.51. The van der Waals surface area contributed by atoms with E-state index in [1.807, 2.05) is 11.9 Å². The van der Waals surface area contributed by atoms with Gasteiger partial charge in [0.15, 0.2) is 9.84 Å². The van der Waals surface area contributed by atoms with Gasteiger partial charge in [-0.2, -0.15) is 0 Å². The standard InChI is InChI=1S/C13H27NO4S/c1-12(2,3)19(16,17)10-7-14(4)11-13(15)5-8-18-9-6-13/h15H,5-11H2,1-4H3. The van der Waals surface area contributed by atoms with E-state index >= 15 is 0 Å². The van der Waals surface area contributed by atoms with Crippen LogP contribution in [-0.4, -0.2) is 67.9 Å². The normalized spacial score (nSPS) is 20.7. The fourth-order valence-corrected chi connectivity index (χ4v) is 3.24. The Kier molecular flexibility index (Phi) is 5.40. The largest absolute Gasteiger partial charge is 0.388 e. The first kappa shape index (κ1) is 16.9. The van der Waals surface area contributed by atoms with Gasteiger partial charge in [0, 0.05) is 39.1 Å². The number of aliphatic hydroxyl groups is 1. The van der Waals surface area contributed by atoms with Crippen LogP contribution in [-0.2, 0) is 14.6 Å². The van der Waals surface area contributed by atoms with Crippen LogP contribution in [0.25, 0.3) is 0 Å². The molecule has 0 atom stereocenters. The lowest BCUT2D eigenvalue weighted by atomic mass is 9.94. The summed E-state index contributed by atoms with van der Waals surface area (Å²) in [4.78, 5) is 1.90. The van der Waals surface area contributed by atoms with Gasteiger partial charge in [-0.3, -0.25) is 0 Å². The van der Waals surface area contributed by atoms with E-state index in [9.17, 15) is 13.5 Å². The second kappa shape index (κ2) is 6.08. The molecule has 1 fully saturated rings. The SMILES string of the molecule is CN(CCS(=O)(=O)C(C)(C)C)CC1(O)CCOCC1. The van der Waals surface area contributed by atoms with E-state index in [4.69, 9.17) is 4.74 Å². The number of ether oxygens (including phenoxy) is 1. The highest BCUT2D eigenvalue weighted by atomic mass is 32.2. The van der Waals surface area contributed by atoms with Crippen LogP contribution in [0.5, 0.6) is 0 Å². The molecule has 0 unspecified atom stereocenters. The van der Waals surface area contributed by atoms with E-state index in [2.05, 4.69) is 0 Å². The molecule has 0 radical (unpaired) electrons. The van der Waals surface area contributed by atoms with Crippen molar-refractivity contribution in [1.29, 1.82) is 0 Å². The van der Waals surface area contributed by atoms with Crippen LogP contribution in [0.3, 0.4) is 0 Å². The van der Waals surface area contributed by atoms with E-state index < -0.39 is 20.2 Å². The van der Waals surface area contributed by atoms with Crippen molar-refractivity contribution in [1.82, 2.24) is 4.90 Å². The van der Waals surface area contributed by atoms with Gasteiger partial charge >= 0.3 is 0 Å². The van der Waals surface area contributed by atoms with Crippen LogP contribution in [0, 0.1) is 0 Å². The Morgan fingerprint density at radius 2 is 1.79 bits per heavy atom. The lowest BCUT2D eigenvalue weighted by Gasteiger charge is -2.35. The molecule has 0 aliphatic carbocycles. The van der Waals surface area contributed by atoms with Crippen molar-refractivity contribution in [2.75, 3.05) is 39.1 Å². The van der Waals surface area contributed by atoms with Crippen molar-refractivity contribution in [3.05, 3.63) is 0 Å². The van der Waals surface area contributed by atoms with E-state index in [1.165, 1.54) is 0 Å². The molecule has 1 saturated heterocycles. The first-order chi connectivity index (χ1) is 8.56. The maximum atomic E-state index is 12.0. The smallest absolute Gasteiger partial charge is 0.156 e. The summed E-state index contributed by atoms with van der Waals surface area (Å²) in [5.41, 5.74) is -0.738. The third kappa shape index (κ3) is 5.02. The Hall–Kier alpha value is -0.170. The zero-order valence-electron chi connectivity index (χ0n) is 12.5. The molecule has 0 aromatic rings. The van der Waals surface area contributed by atoms with Gasteiger partial charge < -0.3 is 14.7 Å². The lowest BCUT2D eigenvalue weighted by molar-refractivity contribution is -0.0762. The van der Waals surface area contributed by atoms with Crippen molar-refractivity contribution in [2.24, 2.45) is 0 Å². The van der Waals surface area contributed by atoms with Gasteiger partial charge in [0.1, 0.15) is 0 Å². The Bertz CT molecular complexity index is 380. The van der Waals surface area contributed by atoms with Crippen LogP contribution in [0.1, 0.15) is 33.6 Å². The summed E-state index contributed by atoms with van der Waals surface area (Å²) in [6.07, 6.45) is 1.23.